The molecule has 0 aromatic rings. The summed E-state index contributed by atoms with van der Waals surface area (Å²) >= 11 is 0. The molecule has 0 saturated carbocycles. The van der Waals surface area contributed by atoms with E-state index < -0.39 is 43.7 Å². The second-order valence-corrected chi connectivity index (χ2v) is 8.56. The number of carbonyl (C=O) groups is 3. The Bertz CT molecular complexity index is 564. The Hall–Kier alpha value is -1.56. The minimum Gasteiger partial charge on any atom is -0.777 e. The van der Waals surface area contributed by atoms with E-state index in [2.05, 4.69) is 27.4 Å². The molecule has 0 saturated heterocycles. The number of hydrogen-bond donors (Lipinski definition) is 5. The number of hydrogen-bond acceptors (Lipinski definition) is 7. The van der Waals surface area contributed by atoms with Gasteiger partial charge in [0.05, 0.1) is 38.5 Å². The Labute approximate surface area is 170 Å². The largest absolute Gasteiger partial charge is 0.777 e. The van der Waals surface area contributed by atoms with Crippen molar-refractivity contribution in [3.63, 3.8) is 0 Å². The van der Waals surface area contributed by atoms with Crippen molar-refractivity contribution in [1.82, 2.24) is 10.6 Å². The molecule has 0 aromatic heterocycles. The highest BCUT2D eigenvalue weighted by molar-refractivity contribution is 7.51. The summed E-state index contributed by atoms with van der Waals surface area (Å²) in [6.07, 6.45) is 1.85. The van der Waals surface area contributed by atoms with Gasteiger partial charge in [0.25, 0.3) is 0 Å². The number of carbonyl (C=O) groups excluding carboxylic acids is 3. The first kappa shape index (κ1) is 27.4. The van der Waals surface area contributed by atoms with Gasteiger partial charge in [-0.2, -0.15) is 0 Å². The Morgan fingerprint density at radius 3 is 2.48 bits per heavy atom. The summed E-state index contributed by atoms with van der Waals surface area (Å²) in [5.74, 6) is -2.60. The van der Waals surface area contributed by atoms with Gasteiger partial charge in [-0.25, -0.2) is 0 Å². The maximum Gasteiger partial charge on any atom is 0.242 e. The van der Waals surface area contributed by atoms with Gasteiger partial charge in [0.1, 0.15) is 12.1 Å². The Balaban J connectivity index is 4.00. The molecule has 0 fully saturated rings. The predicted molar refractivity (Wildman–Crippen MR) is 98.4 cm³/mol. The first-order chi connectivity index (χ1) is 13.6. The molecule has 12 nitrogen and oxygen atoms in total. The van der Waals surface area contributed by atoms with Gasteiger partial charge in [0.15, 0.2) is 7.60 Å². The van der Waals surface area contributed by atoms with Crippen molar-refractivity contribution in [3.05, 3.63) is 0 Å². The maximum atomic E-state index is 11.9. The summed E-state index contributed by atoms with van der Waals surface area (Å²) in [6.45, 7) is 4.04. The highest BCUT2D eigenvalue weighted by atomic mass is 31.2. The van der Waals surface area contributed by atoms with E-state index >= 15 is 0 Å². The topological polar surface area (TPSA) is 220 Å². The third-order valence-electron chi connectivity index (χ3n) is 4.02. The molecule has 10 N–H and O–H groups in total. The van der Waals surface area contributed by atoms with E-state index in [0.717, 1.165) is 32.5 Å². The average molecular weight is 440 g/mol. The summed E-state index contributed by atoms with van der Waals surface area (Å²) in [5.41, 5.74) is 7.09. The van der Waals surface area contributed by atoms with Crippen molar-refractivity contribution in [2.75, 3.05) is 32.5 Å². The first-order valence-electron chi connectivity index (χ1n) is 9.75. The molecule has 0 heterocycles. The molecular formula is C16H35N5O7P+. The Kier molecular flexibility index (Phi) is 14.5. The van der Waals surface area contributed by atoms with E-state index in [1.165, 1.54) is 6.92 Å². The normalized spacial score (nSPS) is 15.2. The average Bonchev–Trinajstić information content (AvgIpc) is 2.66. The molecule has 0 aliphatic rings. The number of quaternary nitrogens is 3. The number of nitrogens with one attached hydrogen (secondary N) is 2. The minimum absolute atomic E-state index is 0.0284. The molecule has 0 aromatic carbocycles. The molecule has 1 unspecified atom stereocenters. The second-order valence-electron chi connectivity index (χ2n) is 6.77. The molecule has 0 spiro atoms. The van der Waals surface area contributed by atoms with E-state index in [0.29, 0.717) is 6.42 Å². The molecule has 0 radical (unpaired) electrons. The summed E-state index contributed by atoms with van der Waals surface area (Å²) in [6, 6.07) is -2.01. The van der Waals surface area contributed by atoms with Crippen molar-refractivity contribution in [2.24, 2.45) is 0 Å². The van der Waals surface area contributed by atoms with Gasteiger partial charge < -0.3 is 51.3 Å². The molecule has 0 aliphatic heterocycles. The fourth-order valence-electron chi connectivity index (χ4n) is 2.22. The number of carboxylic acids is 1. The summed E-state index contributed by atoms with van der Waals surface area (Å²) < 4.78 is 16.7. The third-order valence-corrected chi connectivity index (χ3v) is 5.14. The number of aliphatic carboxylic acids is 1. The van der Waals surface area contributed by atoms with Crippen molar-refractivity contribution < 1.29 is 50.3 Å². The lowest BCUT2D eigenvalue weighted by atomic mass is 10.1. The lowest BCUT2D eigenvalue weighted by Crippen LogP contribution is -2.84. The minimum atomic E-state index is -4.22. The fraction of sp³-hybridized carbons (Fsp3) is 0.812. The van der Waals surface area contributed by atoms with E-state index in [1.54, 1.807) is 0 Å². The highest BCUT2D eigenvalue weighted by Gasteiger charge is 2.19. The van der Waals surface area contributed by atoms with Crippen LogP contribution >= 0.6 is 7.60 Å². The van der Waals surface area contributed by atoms with Gasteiger partial charge in [-0.05, 0) is 6.92 Å². The van der Waals surface area contributed by atoms with Gasteiger partial charge in [0.2, 0.25) is 11.8 Å². The molecule has 0 aliphatic carbocycles. The maximum absolute atomic E-state index is 11.9. The SMILES string of the molecule is C[C@H](NC(=O)CC[C@H]([NH3+])C(=O)[O-])C(=O)NCP(=O)([O-])OCCC[NH2+]CCCC[NH3+]. The van der Waals surface area contributed by atoms with Gasteiger partial charge in [0, 0.05) is 32.1 Å². The summed E-state index contributed by atoms with van der Waals surface area (Å²) in [4.78, 5) is 46.0. The third kappa shape index (κ3) is 15.0. The first-order valence-corrected chi connectivity index (χ1v) is 11.5. The van der Waals surface area contributed by atoms with Crippen LogP contribution in [-0.2, 0) is 23.5 Å². The molecular weight excluding hydrogens is 405 g/mol. The summed E-state index contributed by atoms with van der Waals surface area (Å²) in [7, 11) is -4.22. The van der Waals surface area contributed by atoms with Crippen LogP contribution in [0.5, 0.6) is 0 Å². The van der Waals surface area contributed by atoms with Crippen molar-refractivity contribution in [3.8, 4) is 0 Å². The predicted octanol–water partition coefficient (Wildman–Crippen LogP) is -5.75. The van der Waals surface area contributed by atoms with Crippen LogP contribution in [0.2, 0.25) is 0 Å². The second kappa shape index (κ2) is 15.3. The number of unbranched alkanes of at least 4 members (excludes halogenated alkanes) is 1. The number of rotatable bonds is 17. The molecule has 29 heavy (non-hydrogen) atoms. The van der Waals surface area contributed by atoms with E-state index in [1.807, 2.05) is 0 Å². The molecule has 0 rings (SSSR count). The van der Waals surface area contributed by atoms with Crippen LogP contribution in [0.3, 0.4) is 0 Å². The standard InChI is InChI=1S/C16H34N5O7P/c1-12(21-14(22)6-5-13(18)16(24)25)15(23)20-11-29(26,27)28-10-4-9-19-8-3-2-7-17/h12-13,19H,2-11,17-18H2,1H3,(H,20,23)(H,21,22)(H,24,25)(H,26,27)/p+1/t12-,13-/m0/s1. The van der Waals surface area contributed by atoms with Crippen LogP contribution in [0.4, 0.5) is 0 Å². The zero-order valence-electron chi connectivity index (χ0n) is 17.0. The monoisotopic (exact) mass is 440 g/mol. The highest BCUT2D eigenvalue weighted by Crippen LogP contribution is 2.34. The quantitative estimate of drug-likeness (QED) is 0.109. The van der Waals surface area contributed by atoms with E-state index in [-0.39, 0.29) is 19.4 Å². The molecule has 13 heteroatoms. The van der Waals surface area contributed by atoms with E-state index in [4.69, 9.17) is 4.52 Å². The summed E-state index contributed by atoms with van der Waals surface area (Å²) in [5, 5.41) is 17.2. The molecule has 3 atom stereocenters. The smallest absolute Gasteiger partial charge is 0.242 e. The van der Waals surface area contributed by atoms with Crippen LogP contribution in [-0.4, -0.2) is 62.4 Å². The van der Waals surface area contributed by atoms with Crippen molar-refractivity contribution in [2.45, 2.75) is 51.1 Å². The van der Waals surface area contributed by atoms with Gasteiger partial charge in [-0.1, -0.05) is 0 Å². The lowest BCUT2D eigenvalue weighted by Gasteiger charge is -2.24. The lowest BCUT2D eigenvalue weighted by molar-refractivity contribution is -0.655. The van der Waals surface area contributed by atoms with E-state index in [9.17, 15) is 28.9 Å². The number of nitrogens with two attached hydrogens (primary N) is 1. The van der Waals surface area contributed by atoms with Crippen molar-refractivity contribution in [1.29, 1.82) is 0 Å². The molecule has 170 valence electrons. The van der Waals surface area contributed by atoms with Crippen LogP contribution < -0.4 is 37.4 Å². The van der Waals surface area contributed by atoms with Crippen LogP contribution in [0.15, 0.2) is 0 Å². The Morgan fingerprint density at radius 1 is 1.21 bits per heavy atom. The van der Waals surface area contributed by atoms with Gasteiger partial charge >= 0.3 is 0 Å². The fourth-order valence-corrected chi connectivity index (χ4v) is 3.06. The molecule has 0 bridgehead atoms. The number of carboxylic acid groups (broad SMARTS) is 1. The van der Waals surface area contributed by atoms with Crippen LogP contribution in [0, 0.1) is 0 Å². The van der Waals surface area contributed by atoms with Crippen LogP contribution in [0.25, 0.3) is 0 Å². The van der Waals surface area contributed by atoms with Crippen molar-refractivity contribution >= 4 is 25.4 Å². The Morgan fingerprint density at radius 2 is 1.86 bits per heavy atom. The molecule has 2 amide bonds. The zero-order valence-corrected chi connectivity index (χ0v) is 17.9. The number of amides is 2. The van der Waals surface area contributed by atoms with Gasteiger partial charge in [-0.15, -0.1) is 0 Å². The zero-order chi connectivity index (χ0) is 22.3. The van der Waals surface area contributed by atoms with Gasteiger partial charge in [-0.3, -0.25) is 9.59 Å². The van der Waals surface area contributed by atoms with Crippen LogP contribution in [0.1, 0.15) is 39.0 Å².